The van der Waals surface area contributed by atoms with Gasteiger partial charge in [-0.15, -0.1) is 0 Å². The molecule has 0 radical (unpaired) electrons. The van der Waals surface area contributed by atoms with Gasteiger partial charge in [0.1, 0.15) is 0 Å². The Bertz CT molecular complexity index is 210. The van der Waals surface area contributed by atoms with Gasteiger partial charge in [-0.2, -0.15) is 0 Å². The molecular weight excluding hydrogens is 184 g/mol. The molecule has 1 nitrogen and oxygen atoms in total. The lowest BCUT2D eigenvalue weighted by molar-refractivity contribution is -0.00452. The van der Waals surface area contributed by atoms with Gasteiger partial charge >= 0.3 is 0 Å². The van der Waals surface area contributed by atoms with E-state index in [4.69, 9.17) is 4.74 Å². The number of ether oxygens (including phenoxy) is 1. The molecule has 0 spiro atoms. The number of rotatable bonds is 5. The van der Waals surface area contributed by atoms with Gasteiger partial charge in [0.2, 0.25) is 0 Å². The van der Waals surface area contributed by atoms with Crippen molar-refractivity contribution in [2.24, 2.45) is 5.92 Å². The smallest absolute Gasteiger partial charge is 0.0598 e. The van der Waals surface area contributed by atoms with Crippen LogP contribution in [0.1, 0.15) is 59.8 Å². The molecule has 0 amide bonds. The Kier molecular flexibility index (Phi) is 4.85. The highest BCUT2D eigenvalue weighted by molar-refractivity contribution is 5.09. The van der Waals surface area contributed by atoms with E-state index in [1.807, 2.05) is 0 Å². The molecule has 0 aromatic carbocycles. The van der Waals surface area contributed by atoms with E-state index < -0.39 is 0 Å². The summed E-state index contributed by atoms with van der Waals surface area (Å²) in [5.41, 5.74) is 1.71. The Morgan fingerprint density at radius 2 is 2.07 bits per heavy atom. The van der Waals surface area contributed by atoms with Crippen LogP contribution in [-0.2, 0) is 4.74 Å². The molecule has 1 heteroatoms. The first kappa shape index (κ1) is 12.8. The molecule has 0 bridgehead atoms. The second-order valence-corrected chi connectivity index (χ2v) is 5.76. The molecule has 1 atom stereocenters. The van der Waals surface area contributed by atoms with Crippen LogP contribution in [0, 0.1) is 5.92 Å². The van der Waals surface area contributed by atoms with Crippen LogP contribution < -0.4 is 0 Å². The maximum Gasteiger partial charge on any atom is 0.0598 e. The Labute approximate surface area is 94.9 Å². The normalized spacial score (nSPS) is 21.9. The standard InChI is InChI=1S/C14H26O/c1-12-8-9-13(11-12)7-5-6-10-15-14(2,3)4/h11-12H,5-10H2,1-4H3. The van der Waals surface area contributed by atoms with Crippen molar-refractivity contribution in [1.29, 1.82) is 0 Å². The second-order valence-electron chi connectivity index (χ2n) is 5.76. The van der Waals surface area contributed by atoms with E-state index >= 15 is 0 Å². The van der Waals surface area contributed by atoms with E-state index in [1.165, 1.54) is 32.1 Å². The number of hydrogen-bond acceptors (Lipinski definition) is 1. The van der Waals surface area contributed by atoms with Crippen LogP contribution in [0.5, 0.6) is 0 Å². The number of hydrogen-bond donors (Lipinski definition) is 0. The van der Waals surface area contributed by atoms with Gasteiger partial charge in [0, 0.05) is 6.61 Å². The largest absolute Gasteiger partial charge is 0.376 e. The second kappa shape index (κ2) is 5.69. The average molecular weight is 210 g/mol. The van der Waals surface area contributed by atoms with E-state index in [0.29, 0.717) is 0 Å². The van der Waals surface area contributed by atoms with E-state index in [2.05, 4.69) is 33.8 Å². The third-order valence-electron chi connectivity index (χ3n) is 2.87. The lowest BCUT2D eigenvalue weighted by Crippen LogP contribution is -2.19. The molecule has 0 fully saturated rings. The first-order chi connectivity index (χ1) is 6.97. The minimum absolute atomic E-state index is 0.0289. The quantitative estimate of drug-likeness (QED) is 0.485. The monoisotopic (exact) mass is 210 g/mol. The topological polar surface area (TPSA) is 9.23 Å². The van der Waals surface area contributed by atoms with Crippen molar-refractivity contribution in [1.82, 2.24) is 0 Å². The molecule has 0 aliphatic heterocycles. The lowest BCUT2D eigenvalue weighted by Gasteiger charge is -2.19. The third-order valence-corrected chi connectivity index (χ3v) is 2.87. The van der Waals surface area contributed by atoms with E-state index in [-0.39, 0.29) is 5.60 Å². The van der Waals surface area contributed by atoms with E-state index in [9.17, 15) is 0 Å². The highest BCUT2D eigenvalue weighted by atomic mass is 16.5. The van der Waals surface area contributed by atoms with Crippen molar-refractivity contribution in [3.05, 3.63) is 11.6 Å². The Morgan fingerprint density at radius 1 is 1.33 bits per heavy atom. The van der Waals surface area contributed by atoms with Crippen LogP contribution in [0.4, 0.5) is 0 Å². The summed E-state index contributed by atoms with van der Waals surface area (Å²) >= 11 is 0. The molecule has 15 heavy (non-hydrogen) atoms. The molecule has 1 aliphatic rings. The minimum Gasteiger partial charge on any atom is -0.376 e. The van der Waals surface area contributed by atoms with Crippen molar-refractivity contribution in [3.8, 4) is 0 Å². The summed E-state index contributed by atoms with van der Waals surface area (Å²) in [7, 11) is 0. The van der Waals surface area contributed by atoms with Crippen LogP contribution in [0.3, 0.4) is 0 Å². The molecule has 1 rings (SSSR count). The van der Waals surface area contributed by atoms with Crippen molar-refractivity contribution >= 4 is 0 Å². The zero-order valence-corrected chi connectivity index (χ0v) is 10.8. The highest BCUT2D eigenvalue weighted by Crippen LogP contribution is 2.26. The number of unbranched alkanes of at least 4 members (excludes halogenated alkanes) is 1. The van der Waals surface area contributed by atoms with Crippen LogP contribution in [0.15, 0.2) is 11.6 Å². The van der Waals surface area contributed by atoms with Gasteiger partial charge in [0.05, 0.1) is 5.60 Å². The summed E-state index contributed by atoms with van der Waals surface area (Å²) in [6.07, 6.45) is 8.94. The minimum atomic E-state index is 0.0289. The van der Waals surface area contributed by atoms with Crippen molar-refractivity contribution in [2.45, 2.75) is 65.4 Å². The maximum absolute atomic E-state index is 5.70. The molecule has 0 N–H and O–H groups in total. The summed E-state index contributed by atoms with van der Waals surface area (Å²) in [6.45, 7) is 9.58. The predicted octanol–water partition coefficient (Wildman–Crippen LogP) is 4.33. The van der Waals surface area contributed by atoms with Gasteiger partial charge in [-0.05, 0) is 58.8 Å². The molecule has 0 saturated carbocycles. The van der Waals surface area contributed by atoms with Gasteiger partial charge in [-0.25, -0.2) is 0 Å². The first-order valence-electron chi connectivity index (χ1n) is 6.31. The highest BCUT2D eigenvalue weighted by Gasteiger charge is 2.11. The summed E-state index contributed by atoms with van der Waals surface area (Å²) in [5.74, 6) is 0.825. The van der Waals surface area contributed by atoms with Gasteiger partial charge in [0.15, 0.2) is 0 Å². The third kappa shape index (κ3) is 5.99. The van der Waals surface area contributed by atoms with Gasteiger partial charge in [-0.3, -0.25) is 0 Å². The summed E-state index contributed by atoms with van der Waals surface area (Å²) < 4.78 is 5.70. The molecule has 1 aliphatic carbocycles. The molecule has 0 aromatic heterocycles. The SMILES string of the molecule is CC1C=C(CCCCOC(C)(C)C)CC1. The lowest BCUT2D eigenvalue weighted by atomic mass is 10.1. The fourth-order valence-electron chi connectivity index (χ4n) is 2.02. The molecule has 0 heterocycles. The Hall–Kier alpha value is -0.300. The van der Waals surface area contributed by atoms with Crippen LogP contribution in [-0.4, -0.2) is 12.2 Å². The van der Waals surface area contributed by atoms with Crippen molar-refractivity contribution < 1.29 is 4.74 Å². The van der Waals surface area contributed by atoms with Crippen LogP contribution in [0.2, 0.25) is 0 Å². The molecule has 1 unspecified atom stereocenters. The number of allylic oxidation sites excluding steroid dienone is 2. The molecule has 88 valence electrons. The maximum atomic E-state index is 5.70. The van der Waals surface area contributed by atoms with Crippen molar-refractivity contribution in [2.75, 3.05) is 6.61 Å². The van der Waals surface area contributed by atoms with Crippen LogP contribution in [0.25, 0.3) is 0 Å². The fraction of sp³-hybridized carbons (Fsp3) is 0.857. The molecule has 0 saturated heterocycles. The van der Waals surface area contributed by atoms with E-state index in [0.717, 1.165) is 12.5 Å². The average Bonchev–Trinajstić information content (AvgIpc) is 2.49. The summed E-state index contributed by atoms with van der Waals surface area (Å²) in [6, 6.07) is 0. The Morgan fingerprint density at radius 3 is 2.60 bits per heavy atom. The molecular formula is C14H26O. The fourth-order valence-corrected chi connectivity index (χ4v) is 2.02. The zero-order chi connectivity index (χ0) is 11.3. The van der Waals surface area contributed by atoms with Gasteiger partial charge < -0.3 is 4.74 Å². The Balaban J connectivity index is 2.00. The summed E-state index contributed by atoms with van der Waals surface area (Å²) in [4.78, 5) is 0. The van der Waals surface area contributed by atoms with E-state index in [1.54, 1.807) is 5.57 Å². The summed E-state index contributed by atoms with van der Waals surface area (Å²) in [5, 5.41) is 0. The van der Waals surface area contributed by atoms with Crippen LogP contribution >= 0.6 is 0 Å². The predicted molar refractivity (Wildman–Crippen MR) is 66.0 cm³/mol. The van der Waals surface area contributed by atoms with Gasteiger partial charge in [-0.1, -0.05) is 18.6 Å². The first-order valence-corrected chi connectivity index (χ1v) is 6.31. The van der Waals surface area contributed by atoms with Gasteiger partial charge in [0.25, 0.3) is 0 Å². The molecule has 0 aromatic rings. The van der Waals surface area contributed by atoms with Crippen molar-refractivity contribution in [3.63, 3.8) is 0 Å². The zero-order valence-electron chi connectivity index (χ0n) is 10.8.